The van der Waals surface area contributed by atoms with E-state index < -0.39 is 11.6 Å². The van der Waals surface area contributed by atoms with Crippen molar-refractivity contribution in [1.82, 2.24) is 15.1 Å². The van der Waals surface area contributed by atoms with Gasteiger partial charge in [0.25, 0.3) is 0 Å². The molecule has 1 aromatic carbocycles. The second-order valence-corrected chi connectivity index (χ2v) is 5.93. The fourth-order valence-electron chi connectivity index (χ4n) is 2.69. The number of aryl methyl sites for hydroxylation is 2. The van der Waals surface area contributed by atoms with Gasteiger partial charge in [0.2, 0.25) is 5.91 Å². The molecule has 2 atom stereocenters. The Balaban J connectivity index is 1.52. The lowest BCUT2D eigenvalue weighted by molar-refractivity contribution is -0.122. The van der Waals surface area contributed by atoms with Crippen LogP contribution in [0.1, 0.15) is 12.0 Å². The quantitative estimate of drug-likeness (QED) is 0.858. The van der Waals surface area contributed by atoms with Crippen molar-refractivity contribution in [3.63, 3.8) is 0 Å². The van der Waals surface area contributed by atoms with Crippen LogP contribution in [-0.4, -0.2) is 41.0 Å². The highest BCUT2D eigenvalue weighted by atomic mass is 19.2. The highest BCUT2D eigenvalue weighted by molar-refractivity contribution is 5.76. The summed E-state index contributed by atoms with van der Waals surface area (Å²) in [6.07, 6.45) is 3.17. The number of carbonyl (C=O) groups is 1. The molecule has 1 amide bonds. The summed E-state index contributed by atoms with van der Waals surface area (Å²) in [7, 11) is 1.78. The molecule has 1 saturated heterocycles. The molecule has 2 aromatic rings. The van der Waals surface area contributed by atoms with Gasteiger partial charge in [-0.15, -0.1) is 0 Å². The van der Waals surface area contributed by atoms with E-state index in [4.69, 9.17) is 9.47 Å². The molecule has 0 spiro atoms. The largest absolute Gasteiger partial charge is 0.482 e. The van der Waals surface area contributed by atoms with Crippen molar-refractivity contribution in [2.24, 2.45) is 7.05 Å². The standard InChI is InChI=1S/C17H19F2N3O3/c1-22-8-12(7-20-22)25-15-10-24-9-14(15)21-16(23)6-5-11-3-2-4-13(18)17(11)19/h2-4,7-8,14-15H,5-6,9-10H2,1H3,(H,21,23)/t14-,15+/m0/s1. The SMILES string of the molecule is Cn1cc(O[C@@H]2COC[C@@H]2NC(=O)CCc2cccc(F)c2F)cn1. The van der Waals surface area contributed by atoms with Crippen LogP contribution in [0.25, 0.3) is 0 Å². The molecule has 8 heteroatoms. The van der Waals surface area contributed by atoms with Crippen LogP contribution < -0.4 is 10.1 Å². The van der Waals surface area contributed by atoms with Crippen molar-refractivity contribution >= 4 is 5.91 Å². The molecule has 0 bridgehead atoms. The average molecular weight is 351 g/mol. The molecule has 0 saturated carbocycles. The van der Waals surface area contributed by atoms with Crippen LogP contribution in [0, 0.1) is 11.6 Å². The third-order valence-electron chi connectivity index (χ3n) is 4.00. The Morgan fingerprint density at radius 1 is 1.44 bits per heavy atom. The maximum Gasteiger partial charge on any atom is 0.220 e. The molecule has 1 fully saturated rings. The lowest BCUT2D eigenvalue weighted by Gasteiger charge is -2.19. The molecular weight excluding hydrogens is 332 g/mol. The van der Waals surface area contributed by atoms with E-state index >= 15 is 0 Å². The van der Waals surface area contributed by atoms with Crippen molar-refractivity contribution < 1.29 is 23.0 Å². The summed E-state index contributed by atoms with van der Waals surface area (Å²) in [6.45, 7) is 0.698. The topological polar surface area (TPSA) is 65.4 Å². The normalized spacial score (nSPS) is 19.8. The summed E-state index contributed by atoms with van der Waals surface area (Å²) < 4.78 is 39.5. The number of rotatable bonds is 6. The number of ether oxygens (including phenoxy) is 2. The molecule has 2 heterocycles. The number of carbonyl (C=O) groups excluding carboxylic acids is 1. The first-order valence-electron chi connectivity index (χ1n) is 7.98. The van der Waals surface area contributed by atoms with Gasteiger partial charge in [-0.05, 0) is 18.1 Å². The molecular formula is C17H19F2N3O3. The van der Waals surface area contributed by atoms with Crippen LogP contribution in [0.2, 0.25) is 0 Å². The predicted octanol–water partition coefficient (Wildman–Crippen LogP) is 1.59. The van der Waals surface area contributed by atoms with Crippen molar-refractivity contribution in [1.29, 1.82) is 0 Å². The van der Waals surface area contributed by atoms with E-state index in [9.17, 15) is 13.6 Å². The molecule has 1 aliphatic heterocycles. The number of amides is 1. The zero-order chi connectivity index (χ0) is 17.8. The number of aromatic nitrogens is 2. The van der Waals surface area contributed by atoms with Crippen molar-refractivity contribution in [3.05, 3.63) is 47.8 Å². The van der Waals surface area contributed by atoms with E-state index in [-0.39, 0.29) is 36.5 Å². The van der Waals surface area contributed by atoms with Gasteiger partial charge in [0.1, 0.15) is 6.10 Å². The molecule has 6 nitrogen and oxygen atoms in total. The van der Waals surface area contributed by atoms with Gasteiger partial charge in [0, 0.05) is 13.5 Å². The van der Waals surface area contributed by atoms with Gasteiger partial charge in [-0.2, -0.15) is 5.10 Å². The van der Waals surface area contributed by atoms with Crippen molar-refractivity contribution in [3.8, 4) is 5.75 Å². The first kappa shape index (κ1) is 17.3. The van der Waals surface area contributed by atoms with Gasteiger partial charge in [-0.25, -0.2) is 8.78 Å². The monoisotopic (exact) mass is 351 g/mol. The molecule has 1 aromatic heterocycles. The van der Waals surface area contributed by atoms with Crippen molar-refractivity contribution in [2.75, 3.05) is 13.2 Å². The number of hydrogen-bond acceptors (Lipinski definition) is 4. The van der Waals surface area contributed by atoms with Crippen LogP contribution in [-0.2, 0) is 23.0 Å². The zero-order valence-electron chi connectivity index (χ0n) is 13.7. The van der Waals surface area contributed by atoms with E-state index in [2.05, 4.69) is 10.4 Å². The van der Waals surface area contributed by atoms with E-state index in [1.54, 1.807) is 24.1 Å². The highest BCUT2D eigenvalue weighted by Crippen LogP contribution is 2.17. The van der Waals surface area contributed by atoms with E-state index in [1.807, 2.05) is 0 Å². The third-order valence-corrected chi connectivity index (χ3v) is 4.00. The number of hydrogen-bond donors (Lipinski definition) is 1. The van der Waals surface area contributed by atoms with Gasteiger partial charge < -0.3 is 14.8 Å². The Hall–Kier alpha value is -2.48. The predicted molar refractivity (Wildman–Crippen MR) is 85.1 cm³/mol. The summed E-state index contributed by atoms with van der Waals surface area (Å²) in [4.78, 5) is 12.1. The maximum atomic E-state index is 13.6. The van der Waals surface area contributed by atoms with Crippen LogP contribution in [0.15, 0.2) is 30.6 Å². The maximum absolute atomic E-state index is 13.6. The molecule has 1 aliphatic rings. The fraction of sp³-hybridized carbons (Fsp3) is 0.412. The summed E-state index contributed by atoms with van der Waals surface area (Å²) >= 11 is 0. The molecule has 3 rings (SSSR count). The number of nitrogens with one attached hydrogen (secondary N) is 1. The number of halogens is 2. The van der Waals surface area contributed by atoms with Gasteiger partial charge in [-0.1, -0.05) is 12.1 Å². The number of benzene rings is 1. The average Bonchev–Trinajstić information content (AvgIpc) is 3.18. The first-order valence-corrected chi connectivity index (χ1v) is 7.98. The molecule has 0 unspecified atom stereocenters. The van der Waals surface area contributed by atoms with Gasteiger partial charge >= 0.3 is 0 Å². The first-order chi connectivity index (χ1) is 12.0. The highest BCUT2D eigenvalue weighted by Gasteiger charge is 2.31. The van der Waals surface area contributed by atoms with Gasteiger partial charge in [0.15, 0.2) is 17.4 Å². The Morgan fingerprint density at radius 3 is 3.04 bits per heavy atom. The minimum Gasteiger partial charge on any atom is -0.482 e. The Bertz CT molecular complexity index is 750. The van der Waals surface area contributed by atoms with E-state index in [1.165, 1.54) is 12.1 Å². The second kappa shape index (κ2) is 7.60. The molecule has 0 aliphatic carbocycles. The minimum atomic E-state index is -0.910. The second-order valence-electron chi connectivity index (χ2n) is 5.93. The minimum absolute atomic E-state index is 0.0521. The molecule has 25 heavy (non-hydrogen) atoms. The zero-order valence-corrected chi connectivity index (χ0v) is 13.7. The molecule has 1 N–H and O–H groups in total. The van der Waals surface area contributed by atoms with Crippen LogP contribution in [0.3, 0.4) is 0 Å². The third kappa shape index (κ3) is 4.33. The van der Waals surface area contributed by atoms with Crippen molar-refractivity contribution in [2.45, 2.75) is 25.0 Å². The van der Waals surface area contributed by atoms with Gasteiger partial charge in [0.05, 0.1) is 31.6 Å². The lowest BCUT2D eigenvalue weighted by atomic mass is 10.1. The van der Waals surface area contributed by atoms with E-state index in [0.29, 0.717) is 19.0 Å². The Labute approximate surface area is 143 Å². The summed E-state index contributed by atoms with van der Waals surface area (Å²) in [5.74, 6) is -1.48. The molecule has 0 radical (unpaired) electrons. The fourth-order valence-corrected chi connectivity index (χ4v) is 2.69. The summed E-state index contributed by atoms with van der Waals surface area (Å²) in [5.41, 5.74) is 0.181. The smallest absolute Gasteiger partial charge is 0.220 e. The van der Waals surface area contributed by atoms with E-state index in [0.717, 1.165) is 6.07 Å². The van der Waals surface area contributed by atoms with Crippen LogP contribution in [0.4, 0.5) is 8.78 Å². The lowest BCUT2D eigenvalue weighted by Crippen LogP contribution is -2.45. The van der Waals surface area contributed by atoms with Crippen LogP contribution in [0.5, 0.6) is 5.75 Å². The molecule has 134 valence electrons. The number of nitrogens with zero attached hydrogens (tertiary/aromatic N) is 2. The summed E-state index contributed by atoms with van der Waals surface area (Å²) in [5, 5.41) is 6.85. The Kier molecular flexibility index (Phi) is 5.28. The Morgan fingerprint density at radius 2 is 2.28 bits per heavy atom. The van der Waals surface area contributed by atoms with Crippen LogP contribution >= 0.6 is 0 Å². The summed E-state index contributed by atoms with van der Waals surface area (Å²) in [6, 6.07) is 3.65. The van der Waals surface area contributed by atoms with Gasteiger partial charge in [-0.3, -0.25) is 9.48 Å².